The summed E-state index contributed by atoms with van der Waals surface area (Å²) in [4.78, 5) is 13.0. The van der Waals surface area contributed by atoms with Crippen LogP contribution < -0.4 is 15.2 Å². The lowest BCUT2D eigenvalue weighted by molar-refractivity contribution is -0.113. The summed E-state index contributed by atoms with van der Waals surface area (Å²) in [5, 5.41) is 9.79. The topological polar surface area (TPSA) is 98.5 Å². The highest BCUT2D eigenvalue weighted by atomic mass is 32.2. The summed E-state index contributed by atoms with van der Waals surface area (Å²) in [6.07, 6.45) is 0. The minimum absolute atomic E-state index is 0.137. The number of anilines is 1. The number of benzene rings is 1. The van der Waals surface area contributed by atoms with Gasteiger partial charge in [-0.1, -0.05) is 6.07 Å². The maximum atomic E-state index is 11.9. The molecule has 0 aliphatic heterocycles. The fourth-order valence-electron chi connectivity index (χ4n) is 1.81. The first-order valence-corrected chi connectivity index (χ1v) is 10.1. The number of carbonyl (C=O) groups excluding carboxylic acids is 1. The largest absolute Gasteiger partial charge is 0.495 e. The molecule has 0 fully saturated rings. The molecule has 0 radical (unpaired) electrons. The maximum absolute atomic E-state index is 11.9. The standard InChI is InChI=1S/C14H16N2O4S3/c1-20-12-5-4-10(7-13(12)23(15,18)19)16-14(17)9-21-8-11-3-2-6-22-11/h2-7H,8-9H2,1H3,(H,16,17)(H2,15,18,19). The molecule has 6 nitrogen and oxygen atoms in total. The van der Waals surface area contributed by atoms with Gasteiger partial charge in [-0.2, -0.15) is 0 Å². The molecule has 0 aliphatic rings. The number of nitrogens with one attached hydrogen (secondary N) is 1. The number of amides is 1. The van der Waals surface area contributed by atoms with E-state index in [9.17, 15) is 13.2 Å². The molecule has 0 bridgehead atoms. The molecule has 124 valence electrons. The summed E-state index contributed by atoms with van der Waals surface area (Å²) >= 11 is 3.13. The van der Waals surface area contributed by atoms with Crippen LogP contribution in [0, 0.1) is 0 Å². The van der Waals surface area contributed by atoms with Crippen molar-refractivity contribution >= 4 is 44.7 Å². The van der Waals surface area contributed by atoms with E-state index < -0.39 is 10.0 Å². The highest BCUT2D eigenvalue weighted by Crippen LogP contribution is 2.26. The third-order valence-electron chi connectivity index (χ3n) is 2.81. The van der Waals surface area contributed by atoms with E-state index in [0.29, 0.717) is 5.69 Å². The van der Waals surface area contributed by atoms with E-state index in [1.165, 1.54) is 35.9 Å². The number of thioether (sulfide) groups is 1. The van der Waals surface area contributed by atoms with Crippen LogP contribution in [0.1, 0.15) is 4.88 Å². The number of ether oxygens (including phenoxy) is 1. The molecule has 0 saturated heterocycles. The van der Waals surface area contributed by atoms with Gasteiger partial charge in [-0.3, -0.25) is 4.79 Å². The molecule has 9 heteroatoms. The average Bonchev–Trinajstić information content (AvgIpc) is 2.99. The van der Waals surface area contributed by atoms with E-state index >= 15 is 0 Å². The Morgan fingerprint density at radius 2 is 2.17 bits per heavy atom. The average molecular weight is 372 g/mol. The lowest BCUT2D eigenvalue weighted by Gasteiger charge is -2.10. The predicted molar refractivity (Wildman–Crippen MR) is 93.5 cm³/mol. The highest BCUT2D eigenvalue weighted by Gasteiger charge is 2.16. The van der Waals surface area contributed by atoms with Crippen molar-refractivity contribution in [2.24, 2.45) is 5.14 Å². The van der Waals surface area contributed by atoms with Crippen LogP contribution >= 0.6 is 23.1 Å². The third kappa shape index (κ3) is 5.24. The molecule has 1 heterocycles. The van der Waals surface area contributed by atoms with Crippen molar-refractivity contribution in [2.75, 3.05) is 18.2 Å². The van der Waals surface area contributed by atoms with Crippen LogP contribution in [0.25, 0.3) is 0 Å². The zero-order chi connectivity index (χ0) is 16.9. The monoisotopic (exact) mass is 372 g/mol. The number of carbonyl (C=O) groups is 1. The Morgan fingerprint density at radius 3 is 2.78 bits per heavy atom. The van der Waals surface area contributed by atoms with Crippen LogP contribution in [-0.4, -0.2) is 27.2 Å². The van der Waals surface area contributed by atoms with E-state index in [-0.39, 0.29) is 22.3 Å². The molecule has 1 aromatic heterocycles. The Labute approximate surface area is 143 Å². The Hall–Kier alpha value is -1.55. The highest BCUT2D eigenvalue weighted by molar-refractivity contribution is 7.99. The number of sulfonamides is 1. The molecule has 1 amide bonds. The number of hydrogen-bond acceptors (Lipinski definition) is 6. The molecule has 0 atom stereocenters. The molecule has 3 N–H and O–H groups in total. The number of nitrogens with two attached hydrogens (primary N) is 1. The van der Waals surface area contributed by atoms with E-state index in [4.69, 9.17) is 9.88 Å². The molecule has 0 spiro atoms. The normalized spacial score (nSPS) is 11.2. The number of thiophene rings is 1. The van der Waals surface area contributed by atoms with Gasteiger partial charge in [-0.05, 0) is 29.6 Å². The van der Waals surface area contributed by atoms with Crippen molar-refractivity contribution in [1.29, 1.82) is 0 Å². The van der Waals surface area contributed by atoms with Crippen LogP contribution in [0.4, 0.5) is 5.69 Å². The zero-order valence-electron chi connectivity index (χ0n) is 12.3. The van der Waals surface area contributed by atoms with Crippen LogP contribution in [0.2, 0.25) is 0 Å². The predicted octanol–water partition coefficient (Wildman–Crippen LogP) is 2.28. The quantitative estimate of drug-likeness (QED) is 0.777. The van der Waals surface area contributed by atoms with Crippen LogP contribution in [-0.2, 0) is 20.6 Å². The second-order valence-corrected chi connectivity index (χ2v) is 8.08. The summed E-state index contributed by atoms with van der Waals surface area (Å²) in [7, 11) is -2.58. The van der Waals surface area contributed by atoms with Gasteiger partial charge >= 0.3 is 0 Å². The minimum atomic E-state index is -3.93. The molecule has 2 rings (SSSR count). The van der Waals surface area contributed by atoms with E-state index in [0.717, 1.165) is 5.75 Å². The fraction of sp³-hybridized carbons (Fsp3) is 0.214. The molecule has 0 saturated carbocycles. The van der Waals surface area contributed by atoms with Gasteiger partial charge in [0.25, 0.3) is 0 Å². The Bertz CT molecular complexity index is 773. The van der Waals surface area contributed by atoms with Crippen LogP contribution in [0.3, 0.4) is 0 Å². The fourth-order valence-corrected chi connectivity index (χ4v) is 4.20. The Balaban J connectivity index is 1.98. The van der Waals surface area contributed by atoms with Gasteiger partial charge in [0.2, 0.25) is 15.9 Å². The van der Waals surface area contributed by atoms with Crippen LogP contribution in [0.5, 0.6) is 5.75 Å². The summed E-state index contributed by atoms with van der Waals surface area (Å²) in [6.45, 7) is 0. The Morgan fingerprint density at radius 1 is 1.39 bits per heavy atom. The third-order valence-corrected chi connectivity index (χ3v) is 5.78. The van der Waals surface area contributed by atoms with E-state index in [1.54, 1.807) is 17.4 Å². The van der Waals surface area contributed by atoms with Crippen molar-refractivity contribution in [3.8, 4) is 5.75 Å². The summed E-state index contributed by atoms with van der Waals surface area (Å²) in [6, 6.07) is 8.28. The zero-order valence-corrected chi connectivity index (χ0v) is 14.8. The second kappa shape index (κ2) is 7.82. The maximum Gasteiger partial charge on any atom is 0.241 e. The van der Waals surface area contributed by atoms with Crippen molar-refractivity contribution in [3.63, 3.8) is 0 Å². The first-order chi connectivity index (χ1) is 10.9. The van der Waals surface area contributed by atoms with Gasteiger partial charge in [0.1, 0.15) is 10.6 Å². The van der Waals surface area contributed by atoms with Gasteiger partial charge in [-0.15, -0.1) is 23.1 Å². The molecule has 2 aromatic rings. The molecule has 0 aliphatic carbocycles. The van der Waals surface area contributed by atoms with Gasteiger partial charge in [0, 0.05) is 16.3 Å². The van der Waals surface area contributed by atoms with Crippen molar-refractivity contribution in [2.45, 2.75) is 10.6 Å². The van der Waals surface area contributed by atoms with Crippen LogP contribution in [0.15, 0.2) is 40.6 Å². The smallest absolute Gasteiger partial charge is 0.241 e. The SMILES string of the molecule is COc1ccc(NC(=O)CSCc2cccs2)cc1S(N)(=O)=O. The summed E-state index contributed by atoms with van der Waals surface area (Å²) < 4.78 is 28.0. The molecule has 0 unspecified atom stereocenters. The lowest BCUT2D eigenvalue weighted by atomic mass is 10.3. The van der Waals surface area contributed by atoms with E-state index in [1.807, 2.05) is 17.5 Å². The molecular formula is C14H16N2O4S3. The van der Waals surface area contributed by atoms with Crippen molar-refractivity contribution < 1.29 is 17.9 Å². The van der Waals surface area contributed by atoms with Gasteiger partial charge in [0.05, 0.1) is 12.9 Å². The second-order valence-electron chi connectivity index (χ2n) is 4.53. The number of hydrogen-bond donors (Lipinski definition) is 2. The molecule has 1 aromatic carbocycles. The first-order valence-electron chi connectivity index (χ1n) is 6.51. The van der Waals surface area contributed by atoms with E-state index in [2.05, 4.69) is 5.32 Å². The van der Waals surface area contributed by atoms with Gasteiger partial charge in [-0.25, -0.2) is 13.6 Å². The van der Waals surface area contributed by atoms with Crippen molar-refractivity contribution in [1.82, 2.24) is 0 Å². The number of rotatable bonds is 7. The van der Waals surface area contributed by atoms with Gasteiger partial charge in [0.15, 0.2) is 0 Å². The number of primary sulfonamides is 1. The summed E-state index contributed by atoms with van der Waals surface area (Å²) in [5.74, 6) is 0.958. The Kier molecular flexibility index (Phi) is 6.05. The first kappa shape index (κ1) is 17.8. The molecular weight excluding hydrogens is 356 g/mol. The lowest BCUT2D eigenvalue weighted by Crippen LogP contribution is -2.17. The minimum Gasteiger partial charge on any atom is -0.495 e. The van der Waals surface area contributed by atoms with Gasteiger partial charge < -0.3 is 10.1 Å². The number of methoxy groups -OCH3 is 1. The van der Waals surface area contributed by atoms with Crippen molar-refractivity contribution in [3.05, 3.63) is 40.6 Å². The summed E-state index contributed by atoms with van der Waals surface area (Å²) in [5.41, 5.74) is 0.358. The molecule has 23 heavy (non-hydrogen) atoms.